The third-order valence-electron chi connectivity index (χ3n) is 2.99. The Labute approximate surface area is 106 Å². The third-order valence-corrected chi connectivity index (χ3v) is 4.18. The van der Waals surface area contributed by atoms with E-state index in [1.807, 2.05) is 36.0 Å². The highest BCUT2D eigenvalue weighted by molar-refractivity contribution is 7.99. The van der Waals surface area contributed by atoms with Crippen molar-refractivity contribution >= 4 is 17.4 Å². The normalized spacial score (nSPS) is 20.6. The van der Waals surface area contributed by atoms with Gasteiger partial charge >= 0.3 is 0 Å². The number of hydrogen-bond acceptors (Lipinski definition) is 4. The standard InChI is InChI=1S/C13H16N2OS/c1-16-12-4-2-11(3-5-12)15-13(8-14)10-6-7-17-9-10/h2-5,10,13,15H,6-7,9H2,1H3. The van der Waals surface area contributed by atoms with Crippen LogP contribution < -0.4 is 10.1 Å². The maximum Gasteiger partial charge on any atom is 0.119 e. The van der Waals surface area contributed by atoms with Crippen molar-refractivity contribution in [1.29, 1.82) is 5.26 Å². The van der Waals surface area contributed by atoms with Crippen LogP contribution in [-0.2, 0) is 0 Å². The smallest absolute Gasteiger partial charge is 0.119 e. The molecule has 1 aliphatic rings. The lowest BCUT2D eigenvalue weighted by Gasteiger charge is -2.18. The molecule has 2 unspecified atom stereocenters. The molecule has 1 aromatic carbocycles. The van der Waals surface area contributed by atoms with Crippen LogP contribution in [-0.4, -0.2) is 24.7 Å². The van der Waals surface area contributed by atoms with E-state index in [1.165, 1.54) is 5.75 Å². The highest BCUT2D eigenvalue weighted by Crippen LogP contribution is 2.28. The van der Waals surface area contributed by atoms with Gasteiger partial charge in [-0.3, -0.25) is 0 Å². The summed E-state index contributed by atoms with van der Waals surface area (Å²) in [5.74, 6) is 3.56. The number of nitrogens with zero attached hydrogens (tertiary/aromatic N) is 1. The number of anilines is 1. The minimum atomic E-state index is -0.0848. The van der Waals surface area contributed by atoms with Gasteiger partial charge < -0.3 is 10.1 Å². The van der Waals surface area contributed by atoms with E-state index < -0.39 is 0 Å². The van der Waals surface area contributed by atoms with Crippen LogP contribution in [0, 0.1) is 17.2 Å². The minimum absolute atomic E-state index is 0.0848. The molecule has 0 radical (unpaired) electrons. The van der Waals surface area contributed by atoms with E-state index >= 15 is 0 Å². The van der Waals surface area contributed by atoms with Gasteiger partial charge in [-0.05, 0) is 42.2 Å². The van der Waals surface area contributed by atoms with E-state index in [2.05, 4.69) is 11.4 Å². The molecule has 0 spiro atoms. The summed E-state index contributed by atoms with van der Waals surface area (Å²) in [4.78, 5) is 0. The van der Waals surface area contributed by atoms with Gasteiger partial charge in [-0.1, -0.05) is 0 Å². The largest absolute Gasteiger partial charge is 0.497 e. The molecule has 90 valence electrons. The average molecular weight is 248 g/mol. The summed E-state index contributed by atoms with van der Waals surface area (Å²) < 4.78 is 5.10. The zero-order chi connectivity index (χ0) is 12.1. The maximum atomic E-state index is 9.20. The lowest BCUT2D eigenvalue weighted by molar-refractivity contribution is 0.415. The number of thioether (sulfide) groups is 1. The highest BCUT2D eigenvalue weighted by atomic mass is 32.2. The fourth-order valence-corrected chi connectivity index (χ4v) is 3.24. The monoisotopic (exact) mass is 248 g/mol. The molecule has 1 fully saturated rings. The lowest BCUT2D eigenvalue weighted by Crippen LogP contribution is -2.27. The molecule has 3 nitrogen and oxygen atoms in total. The molecule has 2 atom stereocenters. The Bertz CT molecular complexity index is 393. The Hall–Kier alpha value is -1.34. The zero-order valence-corrected chi connectivity index (χ0v) is 10.7. The van der Waals surface area contributed by atoms with E-state index in [0.29, 0.717) is 5.92 Å². The molecule has 0 bridgehead atoms. The van der Waals surface area contributed by atoms with Crippen molar-refractivity contribution in [2.24, 2.45) is 5.92 Å². The molecule has 1 saturated heterocycles. The minimum Gasteiger partial charge on any atom is -0.497 e. The first kappa shape index (κ1) is 12.1. The second kappa shape index (κ2) is 5.83. The fourth-order valence-electron chi connectivity index (χ4n) is 1.94. The number of rotatable bonds is 4. The van der Waals surface area contributed by atoms with Gasteiger partial charge in [0.05, 0.1) is 13.2 Å². The van der Waals surface area contributed by atoms with Crippen molar-refractivity contribution in [2.45, 2.75) is 12.5 Å². The molecule has 4 heteroatoms. The number of hydrogen-bond donors (Lipinski definition) is 1. The molecule has 2 rings (SSSR count). The summed E-state index contributed by atoms with van der Waals surface area (Å²) in [6.45, 7) is 0. The van der Waals surface area contributed by atoms with Crippen LogP contribution in [0.4, 0.5) is 5.69 Å². The molecule has 0 aliphatic carbocycles. The van der Waals surface area contributed by atoms with E-state index in [0.717, 1.165) is 23.6 Å². The van der Waals surface area contributed by atoms with Crippen LogP contribution in [0.25, 0.3) is 0 Å². The molecule has 1 N–H and O–H groups in total. The van der Waals surface area contributed by atoms with Crippen molar-refractivity contribution in [2.75, 3.05) is 23.9 Å². The van der Waals surface area contributed by atoms with Gasteiger partial charge in [0.2, 0.25) is 0 Å². The Kier molecular flexibility index (Phi) is 4.16. The fraction of sp³-hybridized carbons (Fsp3) is 0.462. The Morgan fingerprint density at radius 1 is 1.47 bits per heavy atom. The van der Waals surface area contributed by atoms with Gasteiger partial charge in [-0.15, -0.1) is 0 Å². The first-order valence-electron chi connectivity index (χ1n) is 5.71. The number of nitriles is 1. The van der Waals surface area contributed by atoms with Crippen LogP contribution in [0.2, 0.25) is 0 Å². The first-order chi connectivity index (χ1) is 8.33. The molecule has 0 saturated carbocycles. The first-order valence-corrected chi connectivity index (χ1v) is 6.87. The molecular formula is C13H16N2OS. The highest BCUT2D eigenvalue weighted by Gasteiger charge is 2.25. The van der Waals surface area contributed by atoms with Crippen LogP contribution >= 0.6 is 11.8 Å². The second-order valence-electron chi connectivity index (χ2n) is 4.10. The van der Waals surface area contributed by atoms with Gasteiger partial charge in [-0.25, -0.2) is 0 Å². The van der Waals surface area contributed by atoms with Crippen LogP contribution in [0.3, 0.4) is 0 Å². The molecule has 1 heterocycles. The van der Waals surface area contributed by atoms with Gasteiger partial charge in [0.15, 0.2) is 0 Å². The zero-order valence-electron chi connectivity index (χ0n) is 9.85. The summed E-state index contributed by atoms with van der Waals surface area (Å²) in [6.07, 6.45) is 1.13. The van der Waals surface area contributed by atoms with Crippen LogP contribution in [0.15, 0.2) is 24.3 Å². The summed E-state index contributed by atoms with van der Waals surface area (Å²) >= 11 is 1.93. The van der Waals surface area contributed by atoms with Crippen molar-refractivity contribution in [3.05, 3.63) is 24.3 Å². The summed E-state index contributed by atoms with van der Waals surface area (Å²) in [6, 6.07) is 9.99. The number of ether oxygens (including phenoxy) is 1. The Morgan fingerprint density at radius 3 is 2.76 bits per heavy atom. The van der Waals surface area contributed by atoms with Crippen molar-refractivity contribution in [3.8, 4) is 11.8 Å². The van der Waals surface area contributed by atoms with Gasteiger partial charge in [0.25, 0.3) is 0 Å². The number of nitrogens with one attached hydrogen (secondary N) is 1. The van der Waals surface area contributed by atoms with Crippen molar-refractivity contribution in [1.82, 2.24) is 0 Å². The second-order valence-corrected chi connectivity index (χ2v) is 5.25. The Morgan fingerprint density at radius 2 is 2.24 bits per heavy atom. The van der Waals surface area contributed by atoms with Gasteiger partial charge in [-0.2, -0.15) is 17.0 Å². The third kappa shape index (κ3) is 3.07. The SMILES string of the molecule is COc1ccc(NC(C#N)C2CCSC2)cc1. The van der Waals surface area contributed by atoms with E-state index in [4.69, 9.17) is 4.74 Å². The molecule has 1 aliphatic heterocycles. The van der Waals surface area contributed by atoms with Crippen molar-refractivity contribution < 1.29 is 4.74 Å². The molecule has 17 heavy (non-hydrogen) atoms. The summed E-state index contributed by atoms with van der Waals surface area (Å²) in [5.41, 5.74) is 0.981. The molecule has 1 aromatic rings. The molecule has 0 aromatic heterocycles. The quantitative estimate of drug-likeness (QED) is 0.890. The predicted molar refractivity (Wildman–Crippen MR) is 71.4 cm³/mol. The summed E-state index contributed by atoms with van der Waals surface area (Å²) in [7, 11) is 1.65. The predicted octanol–water partition coefficient (Wildman–Crippen LogP) is 2.75. The van der Waals surface area contributed by atoms with Gasteiger partial charge in [0, 0.05) is 11.6 Å². The average Bonchev–Trinajstić information content (AvgIpc) is 2.90. The topological polar surface area (TPSA) is 45.0 Å². The number of methoxy groups -OCH3 is 1. The van der Waals surface area contributed by atoms with Crippen LogP contribution in [0.1, 0.15) is 6.42 Å². The van der Waals surface area contributed by atoms with Gasteiger partial charge in [0.1, 0.15) is 11.8 Å². The Balaban J connectivity index is 2.00. The van der Waals surface area contributed by atoms with Crippen molar-refractivity contribution in [3.63, 3.8) is 0 Å². The molecular weight excluding hydrogens is 232 g/mol. The van der Waals surface area contributed by atoms with E-state index in [9.17, 15) is 5.26 Å². The number of benzene rings is 1. The summed E-state index contributed by atoms with van der Waals surface area (Å²) in [5, 5.41) is 12.5. The lowest BCUT2D eigenvalue weighted by atomic mass is 10.0. The van der Waals surface area contributed by atoms with Crippen LogP contribution in [0.5, 0.6) is 5.75 Å². The van der Waals surface area contributed by atoms with E-state index in [1.54, 1.807) is 7.11 Å². The molecule has 0 amide bonds. The maximum absolute atomic E-state index is 9.20. The van der Waals surface area contributed by atoms with E-state index in [-0.39, 0.29) is 6.04 Å².